The van der Waals surface area contributed by atoms with E-state index < -0.39 is 0 Å². The molecule has 0 saturated heterocycles. The van der Waals surface area contributed by atoms with E-state index in [1.54, 1.807) is 20.3 Å². The van der Waals surface area contributed by atoms with Crippen LogP contribution in [0.25, 0.3) is 0 Å². The fourth-order valence-corrected chi connectivity index (χ4v) is 2.10. The van der Waals surface area contributed by atoms with Gasteiger partial charge in [0.1, 0.15) is 11.5 Å². The first-order valence-corrected chi connectivity index (χ1v) is 6.29. The van der Waals surface area contributed by atoms with Crippen molar-refractivity contribution in [3.63, 3.8) is 0 Å². The Morgan fingerprint density at radius 1 is 1.21 bits per heavy atom. The maximum Gasteiger partial charge on any atom is 0.143 e. The molecule has 0 aliphatic rings. The molecule has 5 heteroatoms. The predicted octanol–water partition coefficient (Wildman–Crippen LogP) is 3.31. The molecule has 1 aromatic carbocycles. The number of ether oxygens (including phenoxy) is 2. The number of aryl methyl sites for hydroxylation is 1. The fraction of sp³-hybridized carbons (Fsp3) is 0.286. The summed E-state index contributed by atoms with van der Waals surface area (Å²) in [6, 6.07) is 7.65. The molecule has 0 saturated carbocycles. The van der Waals surface area contributed by atoms with Gasteiger partial charge in [-0.05, 0) is 12.1 Å². The topological polar surface area (TPSA) is 35.4 Å². The minimum Gasteiger partial charge on any atom is -0.495 e. The molecule has 4 nitrogen and oxygen atoms in total. The number of benzene rings is 1. The lowest BCUT2D eigenvalue weighted by atomic mass is 10.2. The zero-order chi connectivity index (χ0) is 13.8. The molecule has 0 aliphatic carbocycles. The van der Waals surface area contributed by atoms with Gasteiger partial charge in [0.05, 0.1) is 31.5 Å². The van der Waals surface area contributed by atoms with Crippen LogP contribution in [0.5, 0.6) is 11.5 Å². The summed E-state index contributed by atoms with van der Waals surface area (Å²) in [5.41, 5.74) is 2.03. The van der Waals surface area contributed by atoms with Crippen LogP contribution in [0.3, 0.4) is 0 Å². The normalized spacial score (nSPS) is 10.3. The number of nitrogens with zero attached hydrogens (tertiary/aromatic N) is 1. The van der Waals surface area contributed by atoms with Crippen molar-refractivity contribution in [3.05, 3.63) is 41.2 Å². The lowest BCUT2D eigenvalue weighted by Gasteiger charge is -2.14. The standard InChI is InChI=1S/C14H17ClN2O2/c1-17-6-4-5-10(17)9-16-12-8-13(18-2)11(15)7-14(12)19-3/h4-8,16H,9H2,1-3H3. The molecular formula is C14H17ClN2O2. The Labute approximate surface area is 117 Å². The van der Waals surface area contributed by atoms with Crippen molar-refractivity contribution < 1.29 is 9.47 Å². The van der Waals surface area contributed by atoms with E-state index in [1.165, 1.54) is 5.69 Å². The first kappa shape index (κ1) is 13.6. The molecule has 0 aliphatic heterocycles. The lowest BCUT2D eigenvalue weighted by Crippen LogP contribution is -2.05. The Morgan fingerprint density at radius 3 is 2.53 bits per heavy atom. The van der Waals surface area contributed by atoms with Gasteiger partial charge < -0.3 is 19.4 Å². The zero-order valence-electron chi connectivity index (χ0n) is 11.2. The highest BCUT2D eigenvalue weighted by Crippen LogP contribution is 2.36. The van der Waals surface area contributed by atoms with Crippen LogP contribution in [0.15, 0.2) is 30.5 Å². The van der Waals surface area contributed by atoms with Gasteiger partial charge in [0.25, 0.3) is 0 Å². The number of hydrogen-bond donors (Lipinski definition) is 1. The first-order chi connectivity index (χ1) is 9.15. The Bertz CT molecular complexity index is 567. The number of rotatable bonds is 5. The minimum atomic E-state index is 0.531. The molecule has 1 N–H and O–H groups in total. The molecule has 0 radical (unpaired) electrons. The van der Waals surface area contributed by atoms with Crippen LogP contribution in [-0.4, -0.2) is 18.8 Å². The van der Waals surface area contributed by atoms with Gasteiger partial charge in [-0.25, -0.2) is 0 Å². The molecule has 19 heavy (non-hydrogen) atoms. The van der Waals surface area contributed by atoms with Crippen LogP contribution in [0, 0.1) is 0 Å². The minimum absolute atomic E-state index is 0.531. The summed E-state index contributed by atoms with van der Waals surface area (Å²) >= 11 is 6.07. The summed E-state index contributed by atoms with van der Waals surface area (Å²) in [4.78, 5) is 0. The number of methoxy groups -OCH3 is 2. The van der Waals surface area contributed by atoms with Crippen molar-refractivity contribution in [1.82, 2.24) is 4.57 Å². The van der Waals surface area contributed by atoms with Crippen LogP contribution in [-0.2, 0) is 13.6 Å². The van der Waals surface area contributed by atoms with Gasteiger partial charge >= 0.3 is 0 Å². The number of halogens is 1. The third-order valence-corrected chi connectivity index (χ3v) is 3.28. The summed E-state index contributed by atoms with van der Waals surface area (Å²) in [6.45, 7) is 0.699. The fourth-order valence-electron chi connectivity index (χ4n) is 1.86. The van der Waals surface area contributed by atoms with Crippen LogP contribution < -0.4 is 14.8 Å². The van der Waals surface area contributed by atoms with Gasteiger partial charge in [-0.15, -0.1) is 0 Å². The second-order valence-electron chi connectivity index (χ2n) is 4.15. The largest absolute Gasteiger partial charge is 0.495 e. The number of anilines is 1. The third kappa shape index (κ3) is 2.96. The highest BCUT2D eigenvalue weighted by Gasteiger charge is 2.10. The Kier molecular flexibility index (Phi) is 4.22. The summed E-state index contributed by atoms with van der Waals surface area (Å²) < 4.78 is 12.6. The number of aromatic nitrogens is 1. The molecule has 1 aromatic heterocycles. The maximum absolute atomic E-state index is 6.07. The molecule has 2 aromatic rings. The lowest BCUT2D eigenvalue weighted by molar-refractivity contribution is 0.404. The molecule has 0 amide bonds. The van der Waals surface area contributed by atoms with Gasteiger partial charge in [0, 0.05) is 31.1 Å². The van der Waals surface area contributed by atoms with E-state index in [4.69, 9.17) is 21.1 Å². The first-order valence-electron chi connectivity index (χ1n) is 5.91. The van der Waals surface area contributed by atoms with E-state index in [1.807, 2.05) is 25.4 Å². The summed E-state index contributed by atoms with van der Waals surface area (Å²) in [7, 11) is 5.22. The molecule has 102 valence electrons. The molecule has 0 unspecified atom stereocenters. The Morgan fingerprint density at radius 2 is 1.95 bits per heavy atom. The van der Waals surface area contributed by atoms with E-state index in [9.17, 15) is 0 Å². The van der Waals surface area contributed by atoms with Gasteiger partial charge in [-0.3, -0.25) is 0 Å². The van der Waals surface area contributed by atoms with Crippen molar-refractivity contribution in [2.24, 2.45) is 7.05 Å². The summed E-state index contributed by atoms with van der Waals surface area (Å²) in [6.07, 6.45) is 2.01. The molecule has 0 fully saturated rings. The van der Waals surface area contributed by atoms with E-state index in [2.05, 4.69) is 16.0 Å². The Hall–Kier alpha value is -1.81. The predicted molar refractivity (Wildman–Crippen MR) is 77.3 cm³/mol. The van der Waals surface area contributed by atoms with Gasteiger partial charge in [-0.2, -0.15) is 0 Å². The van der Waals surface area contributed by atoms with Crippen molar-refractivity contribution in [2.45, 2.75) is 6.54 Å². The average Bonchev–Trinajstić information content (AvgIpc) is 2.82. The van der Waals surface area contributed by atoms with Gasteiger partial charge in [0.2, 0.25) is 0 Å². The SMILES string of the molecule is COc1cc(NCc2cccn2C)c(OC)cc1Cl. The van der Waals surface area contributed by atoms with E-state index in [0.29, 0.717) is 23.1 Å². The van der Waals surface area contributed by atoms with Crippen molar-refractivity contribution in [1.29, 1.82) is 0 Å². The molecule has 1 heterocycles. The van der Waals surface area contributed by atoms with Crippen LogP contribution in [0.1, 0.15) is 5.69 Å². The zero-order valence-corrected chi connectivity index (χ0v) is 12.0. The van der Waals surface area contributed by atoms with E-state index >= 15 is 0 Å². The van der Waals surface area contributed by atoms with Crippen LogP contribution in [0.2, 0.25) is 5.02 Å². The summed E-state index contributed by atoms with van der Waals surface area (Å²) in [5.74, 6) is 1.32. The highest BCUT2D eigenvalue weighted by molar-refractivity contribution is 6.32. The Balaban J connectivity index is 2.21. The third-order valence-electron chi connectivity index (χ3n) is 2.99. The molecule has 0 bridgehead atoms. The molecule has 0 spiro atoms. The second-order valence-corrected chi connectivity index (χ2v) is 4.56. The molecule has 0 atom stereocenters. The molecular weight excluding hydrogens is 264 g/mol. The number of hydrogen-bond acceptors (Lipinski definition) is 3. The second kappa shape index (κ2) is 5.89. The smallest absolute Gasteiger partial charge is 0.143 e. The molecule has 2 rings (SSSR count). The van der Waals surface area contributed by atoms with E-state index in [-0.39, 0.29) is 0 Å². The maximum atomic E-state index is 6.07. The van der Waals surface area contributed by atoms with Crippen molar-refractivity contribution >= 4 is 17.3 Å². The van der Waals surface area contributed by atoms with Crippen molar-refractivity contribution in [3.8, 4) is 11.5 Å². The van der Waals surface area contributed by atoms with Crippen molar-refractivity contribution in [2.75, 3.05) is 19.5 Å². The number of nitrogens with one attached hydrogen (secondary N) is 1. The average molecular weight is 281 g/mol. The van der Waals surface area contributed by atoms with Crippen LogP contribution in [0.4, 0.5) is 5.69 Å². The highest BCUT2D eigenvalue weighted by atomic mass is 35.5. The summed E-state index contributed by atoms with van der Waals surface area (Å²) in [5, 5.41) is 3.86. The van der Waals surface area contributed by atoms with Gasteiger partial charge in [-0.1, -0.05) is 11.6 Å². The van der Waals surface area contributed by atoms with Gasteiger partial charge in [0.15, 0.2) is 0 Å². The monoisotopic (exact) mass is 280 g/mol. The quantitative estimate of drug-likeness (QED) is 0.913. The van der Waals surface area contributed by atoms with Crippen LogP contribution >= 0.6 is 11.6 Å². The van der Waals surface area contributed by atoms with E-state index in [0.717, 1.165) is 5.69 Å².